The van der Waals surface area contributed by atoms with Crippen LogP contribution in [0, 0.1) is 0 Å². The molecule has 1 aromatic heterocycles. The molecular formula is C17H27N5O. The molecule has 23 heavy (non-hydrogen) atoms. The van der Waals surface area contributed by atoms with Crippen molar-refractivity contribution in [1.82, 2.24) is 15.2 Å². The Kier molecular flexibility index (Phi) is 4.82. The second kappa shape index (κ2) is 6.84. The van der Waals surface area contributed by atoms with E-state index < -0.39 is 5.54 Å². The fourth-order valence-corrected chi connectivity index (χ4v) is 3.37. The summed E-state index contributed by atoms with van der Waals surface area (Å²) in [5.74, 6) is 0.973. The minimum atomic E-state index is -0.659. The molecular weight excluding hydrogens is 290 g/mol. The fourth-order valence-electron chi connectivity index (χ4n) is 3.37. The number of nitrogens with one attached hydrogen (secondary N) is 1. The van der Waals surface area contributed by atoms with Crippen LogP contribution in [0.25, 0.3) is 0 Å². The van der Waals surface area contributed by atoms with Crippen molar-refractivity contribution in [3.63, 3.8) is 0 Å². The summed E-state index contributed by atoms with van der Waals surface area (Å²) in [5.41, 5.74) is 6.60. The number of carbonyl (C=O) groups is 1. The molecule has 0 atom stereocenters. The van der Waals surface area contributed by atoms with Crippen molar-refractivity contribution in [2.24, 2.45) is 5.73 Å². The van der Waals surface area contributed by atoms with E-state index in [2.05, 4.69) is 33.2 Å². The lowest BCUT2D eigenvalue weighted by Crippen LogP contribution is -2.51. The van der Waals surface area contributed by atoms with Crippen LogP contribution in [0.5, 0.6) is 0 Å². The van der Waals surface area contributed by atoms with E-state index >= 15 is 0 Å². The van der Waals surface area contributed by atoms with Gasteiger partial charge < -0.3 is 20.9 Å². The minimum absolute atomic E-state index is 0.0204. The number of piperazine rings is 1. The van der Waals surface area contributed by atoms with E-state index in [1.165, 1.54) is 0 Å². The van der Waals surface area contributed by atoms with Gasteiger partial charge in [0.25, 0.3) is 0 Å². The summed E-state index contributed by atoms with van der Waals surface area (Å²) in [4.78, 5) is 21.4. The molecule has 0 unspecified atom stereocenters. The first-order valence-electron chi connectivity index (χ1n) is 8.52. The zero-order valence-electron chi connectivity index (χ0n) is 13.9. The summed E-state index contributed by atoms with van der Waals surface area (Å²) in [5, 5.41) is 3.00. The van der Waals surface area contributed by atoms with E-state index in [1.807, 2.05) is 12.3 Å². The summed E-state index contributed by atoms with van der Waals surface area (Å²) in [7, 11) is 2.14. The van der Waals surface area contributed by atoms with Gasteiger partial charge in [-0.25, -0.2) is 4.98 Å². The Morgan fingerprint density at radius 1 is 1.30 bits per heavy atom. The number of anilines is 1. The van der Waals surface area contributed by atoms with Gasteiger partial charge >= 0.3 is 0 Å². The molecule has 126 valence electrons. The normalized spacial score (nSPS) is 21.4. The maximum atomic E-state index is 12.3. The Bertz CT molecular complexity index is 548. The van der Waals surface area contributed by atoms with Crippen LogP contribution >= 0.6 is 0 Å². The standard InChI is InChI=1S/C17H27N5O/c1-21-8-10-22(11-9-21)15-12-14(4-7-19-15)13-20-16(23)17(18)5-2-3-6-17/h4,7,12H,2-3,5-6,8-11,13,18H2,1H3,(H,20,23). The predicted molar refractivity (Wildman–Crippen MR) is 91.2 cm³/mol. The monoisotopic (exact) mass is 317 g/mol. The highest BCUT2D eigenvalue weighted by Crippen LogP contribution is 2.27. The molecule has 6 nitrogen and oxygen atoms in total. The van der Waals surface area contributed by atoms with E-state index in [0.29, 0.717) is 6.54 Å². The smallest absolute Gasteiger partial charge is 0.240 e. The third-order valence-corrected chi connectivity index (χ3v) is 5.04. The third-order valence-electron chi connectivity index (χ3n) is 5.04. The largest absolute Gasteiger partial charge is 0.354 e. The molecule has 0 spiro atoms. The second-order valence-electron chi connectivity index (χ2n) is 6.86. The van der Waals surface area contributed by atoms with Crippen molar-refractivity contribution in [1.29, 1.82) is 0 Å². The Balaban J connectivity index is 1.58. The van der Waals surface area contributed by atoms with Gasteiger partial charge in [0.05, 0.1) is 5.54 Å². The van der Waals surface area contributed by atoms with E-state index in [0.717, 1.165) is 63.2 Å². The van der Waals surface area contributed by atoms with Gasteiger partial charge in [0.2, 0.25) is 5.91 Å². The number of aromatic nitrogens is 1. The molecule has 1 aliphatic heterocycles. The molecule has 6 heteroatoms. The Hall–Kier alpha value is -1.66. The molecule has 3 N–H and O–H groups in total. The number of rotatable bonds is 4. The molecule has 1 aromatic rings. The van der Waals surface area contributed by atoms with E-state index in [4.69, 9.17) is 5.73 Å². The Morgan fingerprint density at radius 3 is 2.70 bits per heavy atom. The average Bonchev–Trinajstić information content (AvgIpc) is 3.01. The van der Waals surface area contributed by atoms with Gasteiger partial charge in [-0.15, -0.1) is 0 Å². The molecule has 1 saturated heterocycles. The van der Waals surface area contributed by atoms with E-state index in [1.54, 1.807) is 0 Å². The SMILES string of the molecule is CN1CCN(c2cc(CNC(=O)C3(N)CCCC3)ccn2)CC1. The van der Waals surface area contributed by atoms with Crippen molar-refractivity contribution in [3.8, 4) is 0 Å². The maximum absolute atomic E-state index is 12.3. The van der Waals surface area contributed by atoms with Gasteiger partial charge in [0.1, 0.15) is 5.82 Å². The molecule has 0 bridgehead atoms. The van der Waals surface area contributed by atoms with Crippen LogP contribution in [0.1, 0.15) is 31.2 Å². The summed E-state index contributed by atoms with van der Waals surface area (Å²) in [6.45, 7) is 4.61. The fraction of sp³-hybridized carbons (Fsp3) is 0.647. The van der Waals surface area contributed by atoms with Crippen LogP contribution < -0.4 is 16.0 Å². The van der Waals surface area contributed by atoms with Crippen LogP contribution in [0.4, 0.5) is 5.82 Å². The molecule has 2 aliphatic rings. The Labute approximate surface area is 138 Å². The first-order valence-corrected chi connectivity index (χ1v) is 8.52. The van der Waals surface area contributed by atoms with Crippen molar-refractivity contribution in [3.05, 3.63) is 23.9 Å². The minimum Gasteiger partial charge on any atom is -0.354 e. The number of nitrogens with two attached hydrogens (primary N) is 1. The molecule has 1 saturated carbocycles. The zero-order chi connectivity index (χ0) is 16.3. The van der Waals surface area contributed by atoms with Crippen LogP contribution in [0.15, 0.2) is 18.3 Å². The molecule has 2 fully saturated rings. The van der Waals surface area contributed by atoms with E-state index in [9.17, 15) is 4.79 Å². The third kappa shape index (κ3) is 3.82. The van der Waals surface area contributed by atoms with E-state index in [-0.39, 0.29) is 5.91 Å². The topological polar surface area (TPSA) is 74.5 Å². The van der Waals surface area contributed by atoms with Gasteiger partial charge in [0.15, 0.2) is 0 Å². The van der Waals surface area contributed by atoms with Crippen LogP contribution in [-0.2, 0) is 11.3 Å². The molecule has 0 aromatic carbocycles. The molecule has 0 radical (unpaired) electrons. The van der Waals surface area contributed by atoms with Crippen LogP contribution in [0.3, 0.4) is 0 Å². The molecule has 3 rings (SSSR count). The number of nitrogens with zero attached hydrogens (tertiary/aromatic N) is 3. The van der Waals surface area contributed by atoms with Crippen molar-refractivity contribution < 1.29 is 4.79 Å². The zero-order valence-corrected chi connectivity index (χ0v) is 13.9. The quantitative estimate of drug-likeness (QED) is 0.856. The first-order chi connectivity index (χ1) is 11.1. The number of likely N-dealkylation sites (N-methyl/N-ethyl adjacent to an activating group) is 1. The summed E-state index contributed by atoms with van der Waals surface area (Å²) < 4.78 is 0. The van der Waals surface area contributed by atoms with Crippen LogP contribution in [0.2, 0.25) is 0 Å². The van der Waals surface area contributed by atoms with Crippen molar-refractivity contribution in [2.45, 2.75) is 37.8 Å². The summed E-state index contributed by atoms with van der Waals surface area (Å²) in [6.07, 6.45) is 5.51. The highest BCUT2D eigenvalue weighted by atomic mass is 16.2. The van der Waals surface area contributed by atoms with Crippen molar-refractivity contribution in [2.75, 3.05) is 38.1 Å². The number of hydrogen-bond acceptors (Lipinski definition) is 5. The maximum Gasteiger partial charge on any atom is 0.240 e. The lowest BCUT2D eigenvalue weighted by atomic mass is 9.98. The van der Waals surface area contributed by atoms with Gasteiger partial charge in [0, 0.05) is 38.9 Å². The van der Waals surface area contributed by atoms with Gasteiger partial charge in [-0.3, -0.25) is 4.79 Å². The summed E-state index contributed by atoms with van der Waals surface area (Å²) in [6, 6.07) is 4.03. The lowest BCUT2D eigenvalue weighted by Gasteiger charge is -2.33. The van der Waals surface area contributed by atoms with Gasteiger partial charge in [-0.2, -0.15) is 0 Å². The first kappa shape index (κ1) is 16.2. The van der Waals surface area contributed by atoms with Crippen LogP contribution in [-0.4, -0.2) is 54.6 Å². The number of pyridine rings is 1. The number of hydrogen-bond donors (Lipinski definition) is 2. The van der Waals surface area contributed by atoms with Crippen molar-refractivity contribution >= 4 is 11.7 Å². The molecule has 1 amide bonds. The second-order valence-corrected chi connectivity index (χ2v) is 6.86. The van der Waals surface area contributed by atoms with Gasteiger partial charge in [-0.1, -0.05) is 12.8 Å². The lowest BCUT2D eigenvalue weighted by molar-refractivity contribution is -0.126. The Morgan fingerprint density at radius 2 is 2.00 bits per heavy atom. The number of amides is 1. The average molecular weight is 317 g/mol. The van der Waals surface area contributed by atoms with Gasteiger partial charge in [-0.05, 0) is 37.6 Å². The molecule has 1 aliphatic carbocycles. The predicted octanol–water partition coefficient (Wildman–Crippen LogP) is 0.721. The number of carbonyl (C=O) groups excluding carboxylic acids is 1. The highest BCUT2D eigenvalue weighted by molar-refractivity contribution is 5.86. The molecule has 2 heterocycles. The summed E-state index contributed by atoms with van der Waals surface area (Å²) >= 11 is 0. The highest BCUT2D eigenvalue weighted by Gasteiger charge is 2.36.